The molecular weight excluding hydrogens is 298 g/mol. The van der Waals surface area contributed by atoms with Gasteiger partial charge in [-0.05, 0) is 42.8 Å². The lowest BCUT2D eigenvalue weighted by Gasteiger charge is -2.15. The summed E-state index contributed by atoms with van der Waals surface area (Å²) in [6, 6.07) is 10.4. The van der Waals surface area contributed by atoms with Gasteiger partial charge in [0, 0.05) is 17.7 Å². The normalized spacial score (nSPS) is 17.2. The monoisotopic (exact) mass is 314 g/mol. The average molecular weight is 314 g/mol. The molecule has 1 aliphatic heterocycles. The average Bonchev–Trinajstić information content (AvgIpc) is 3.08. The molecule has 5 heteroatoms. The number of hydrogen-bond acceptors (Lipinski definition) is 3. The highest BCUT2D eigenvalue weighted by molar-refractivity contribution is 5.70. The van der Waals surface area contributed by atoms with E-state index in [9.17, 15) is 14.0 Å². The van der Waals surface area contributed by atoms with Crippen molar-refractivity contribution in [2.75, 3.05) is 13.1 Å². The second-order valence-corrected chi connectivity index (χ2v) is 5.49. The maximum atomic E-state index is 14.1. The Balaban J connectivity index is 1.99. The molecule has 0 bridgehead atoms. The van der Waals surface area contributed by atoms with Gasteiger partial charge in [0.25, 0.3) is 0 Å². The Morgan fingerprint density at radius 3 is 2.83 bits per heavy atom. The van der Waals surface area contributed by atoms with E-state index in [0.29, 0.717) is 16.7 Å². The second kappa shape index (κ2) is 6.86. The van der Waals surface area contributed by atoms with E-state index in [-0.39, 0.29) is 18.3 Å². The van der Waals surface area contributed by atoms with Crippen molar-refractivity contribution in [2.45, 2.75) is 19.1 Å². The van der Waals surface area contributed by atoms with E-state index in [4.69, 9.17) is 4.74 Å². The predicted octanol–water partition coefficient (Wildman–Crippen LogP) is 3.38. The van der Waals surface area contributed by atoms with Gasteiger partial charge in [-0.1, -0.05) is 12.1 Å². The van der Waals surface area contributed by atoms with Crippen LogP contribution in [0.5, 0.6) is 0 Å². The van der Waals surface area contributed by atoms with Crippen molar-refractivity contribution in [3.05, 3.63) is 59.2 Å². The van der Waals surface area contributed by atoms with Gasteiger partial charge in [0.05, 0.1) is 24.3 Å². The lowest BCUT2D eigenvalue weighted by Crippen LogP contribution is -2.17. The molecule has 0 spiro atoms. The minimum atomic E-state index is -0.523. The maximum absolute atomic E-state index is 14.1. The van der Waals surface area contributed by atoms with Crippen LogP contribution in [0.1, 0.15) is 17.5 Å². The fourth-order valence-electron chi connectivity index (χ4n) is 2.77. The molecule has 3 rings (SSSR count). The Morgan fingerprint density at radius 2 is 2.09 bits per heavy atom. The van der Waals surface area contributed by atoms with Crippen molar-refractivity contribution < 1.29 is 13.5 Å². The Kier molecular flexibility index (Phi) is 4.65. The van der Waals surface area contributed by atoms with E-state index in [1.807, 2.05) is 0 Å². The van der Waals surface area contributed by atoms with Crippen LogP contribution in [0, 0.1) is 23.0 Å². The van der Waals surface area contributed by atoms with Gasteiger partial charge in [-0.2, -0.15) is 5.26 Å². The molecular formula is C18H16F2N2O. The number of hydrogen-bond donors (Lipinski definition) is 1. The van der Waals surface area contributed by atoms with E-state index in [1.165, 1.54) is 0 Å². The number of rotatable bonds is 4. The van der Waals surface area contributed by atoms with Crippen molar-refractivity contribution in [1.82, 2.24) is 5.32 Å². The number of benzene rings is 2. The van der Waals surface area contributed by atoms with E-state index in [2.05, 4.69) is 11.4 Å². The summed E-state index contributed by atoms with van der Waals surface area (Å²) in [6.07, 6.45) is 0.977. The van der Waals surface area contributed by atoms with Gasteiger partial charge in [-0.15, -0.1) is 0 Å². The summed E-state index contributed by atoms with van der Waals surface area (Å²) in [4.78, 5) is 0. The highest BCUT2D eigenvalue weighted by atomic mass is 19.1. The molecule has 118 valence electrons. The Labute approximate surface area is 133 Å². The number of nitrogens with one attached hydrogen (secondary N) is 1. The molecule has 0 aromatic heterocycles. The third-order valence-corrected chi connectivity index (χ3v) is 3.99. The van der Waals surface area contributed by atoms with Crippen LogP contribution < -0.4 is 5.32 Å². The minimum Gasteiger partial charge on any atom is -0.372 e. The van der Waals surface area contributed by atoms with Gasteiger partial charge in [0.2, 0.25) is 0 Å². The highest BCUT2D eigenvalue weighted by Gasteiger charge is 2.18. The summed E-state index contributed by atoms with van der Waals surface area (Å²) in [6.45, 7) is 1.86. The van der Waals surface area contributed by atoms with Gasteiger partial charge < -0.3 is 10.1 Å². The van der Waals surface area contributed by atoms with Crippen LogP contribution in [-0.4, -0.2) is 19.2 Å². The third kappa shape index (κ3) is 3.39. The molecule has 1 fully saturated rings. The predicted molar refractivity (Wildman–Crippen MR) is 82.6 cm³/mol. The second-order valence-electron chi connectivity index (χ2n) is 5.49. The first-order valence-electron chi connectivity index (χ1n) is 7.49. The Hall–Kier alpha value is -2.29. The number of ether oxygens (including phenoxy) is 1. The van der Waals surface area contributed by atoms with E-state index >= 15 is 0 Å². The van der Waals surface area contributed by atoms with Gasteiger partial charge in [0.15, 0.2) is 0 Å². The van der Waals surface area contributed by atoms with Crippen molar-refractivity contribution in [3.63, 3.8) is 0 Å². The lowest BCUT2D eigenvalue weighted by atomic mass is 9.95. The zero-order chi connectivity index (χ0) is 16.2. The van der Waals surface area contributed by atoms with Crippen LogP contribution in [0.25, 0.3) is 11.1 Å². The summed E-state index contributed by atoms with van der Waals surface area (Å²) >= 11 is 0. The van der Waals surface area contributed by atoms with Crippen LogP contribution in [0.4, 0.5) is 8.78 Å². The van der Waals surface area contributed by atoms with E-state index in [1.54, 1.807) is 18.2 Å². The molecule has 0 aliphatic carbocycles. The van der Waals surface area contributed by atoms with Crippen LogP contribution in [0.2, 0.25) is 0 Å². The zero-order valence-electron chi connectivity index (χ0n) is 12.5. The van der Waals surface area contributed by atoms with Crippen molar-refractivity contribution in [1.29, 1.82) is 5.26 Å². The highest BCUT2D eigenvalue weighted by Crippen LogP contribution is 2.30. The lowest BCUT2D eigenvalue weighted by molar-refractivity contribution is 0.0543. The van der Waals surface area contributed by atoms with Crippen molar-refractivity contribution in [2.24, 2.45) is 0 Å². The van der Waals surface area contributed by atoms with Crippen molar-refractivity contribution >= 4 is 0 Å². The third-order valence-electron chi connectivity index (χ3n) is 3.99. The van der Waals surface area contributed by atoms with E-state index in [0.717, 1.165) is 37.7 Å². The molecule has 0 unspecified atom stereocenters. The van der Waals surface area contributed by atoms with Gasteiger partial charge in [-0.3, -0.25) is 0 Å². The summed E-state index contributed by atoms with van der Waals surface area (Å²) in [5.41, 5.74) is 1.64. The SMILES string of the molecule is N#Cc1cccc(-c2cc(F)ccc2F)c1CO[C@H]1CCNC1. The number of halogens is 2. The molecule has 1 atom stereocenters. The van der Waals surface area contributed by atoms with Gasteiger partial charge in [-0.25, -0.2) is 8.78 Å². The molecule has 0 amide bonds. The largest absolute Gasteiger partial charge is 0.372 e. The molecule has 2 aromatic carbocycles. The maximum Gasteiger partial charge on any atom is 0.131 e. The first-order valence-corrected chi connectivity index (χ1v) is 7.49. The minimum absolute atomic E-state index is 0.0759. The molecule has 0 radical (unpaired) electrons. The Bertz CT molecular complexity index is 749. The summed E-state index contributed by atoms with van der Waals surface area (Å²) in [7, 11) is 0. The van der Waals surface area contributed by atoms with Crippen LogP contribution in [-0.2, 0) is 11.3 Å². The quantitative estimate of drug-likeness (QED) is 0.941. The first kappa shape index (κ1) is 15.6. The molecule has 0 saturated carbocycles. The smallest absolute Gasteiger partial charge is 0.131 e. The van der Waals surface area contributed by atoms with Crippen LogP contribution in [0.3, 0.4) is 0 Å². The van der Waals surface area contributed by atoms with Crippen LogP contribution >= 0.6 is 0 Å². The Morgan fingerprint density at radius 1 is 1.22 bits per heavy atom. The number of nitrogens with zero attached hydrogens (tertiary/aromatic N) is 1. The molecule has 1 heterocycles. The summed E-state index contributed by atoms with van der Waals surface area (Å²) in [5, 5.41) is 12.5. The van der Waals surface area contributed by atoms with Crippen LogP contribution in [0.15, 0.2) is 36.4 Å². The fraction of sp³-hybridized carbons (Fsp3) is 0.278. The number of nitriles is 1. The summed E-state index contributed by atoms with van der Waals surface area (Å²) < 4.78 is 33.5. The molecule has 2 aromatic rings. The fourth-order valence-corrected chi connectivity index (χ4v) is 2.77. The molecule has 1 N–H and O–H groups in total. The summed E-state index contributed by atoms with van der Waals surface area (Å²) in [5.74, 6) is -1.04. The molecule has 1 saturated heterocycles. The molecule has 3 nitrogen and oxygen atoms in total. The zero-order valence-corrected chi connectivity index (χ0v) is 12.5. The standard InChI is InChI=1S/C18H16F2N2O/c19-13-4-5-18(20)16(8-13)15-3-1-2-12(9-21)17(15)11-23-14-6-7-22-10-14/h1-5,8,14,22H,6-7,10-11H2/t14-/m0/s1. The van der Waals surface area contributed by atoms with Gasteiger partial charge in [0.1, 0.15) is 11.6 Å². The van der Waals surface area contributed by atoms with E-state index < -0.39 is 11.6 Å². The molecule has 1 aliphatic rings. The molecule has 23 heavy (non-hydrogen) atoms. The van der Waals surface area contributed by atoms with Gasteiger partial charge >= 0.3 is 0 Å². The first-order chi connectivity index (χ1) is 11.2. The van der Waals surface area contributed by atoms with Crippen molar-refractivity contribution in [3.8, 4) is 17.2 Å². The topological polar surface area (TPSA) is 45.0 Å².